The summed E-state index contributed by atoms with van der Waals surface area (Å²) in [4.78, 5) is 128. The van der Waals surface area contributed by atoms with Gasteiger partial charge in [0.15, 0.2) is 5.78 Å². The maximum Gasteiger partial charge on any atom is 0.246 e. The van der Waals surface area contributed by atoms with Crippen LogP contribution in [0.3, 0.4) is 0 Å². The Labute approximate surface area is 365 Å². The van der Waals surface area contributed by atoms with E-state index in [4.69, 9.17) is 5.73 Å². The number of aromatic nitrogens is 1. The Kier molecular flexibility index (Phi) is 16.1. The Morgan fingerprint density at radius 2 is 1.59 bits per heavy atom. The molecule has 10 atom stereocenters. The van der Waals surface area contributed by atoms with Crippen molar-refractivity contribution in [1.82, 2.24) is 41.8 Å². The number of aliphatic hydroxyl groups excluding tert-OH is 3. The van der Waals surface area contributed by atoms with Gasteiger partial charge in [0.25, 0.3) is 0 Å². The molecule has 1 aromatic heterocycles. The Morgan fingerprint density at radius 1 is 0.905 bits per heavy atom. The number of hydrogen-bond donors (Lipinski definition) is 12. The van der Waals surface area contributed by atoms with Gasteiger partial charge in [-0.3, -0.25) is 43.2 Å². The molecule has 4 heterocycles. The number of fused-ring (bicyclic) bond motifs is 5. The maximum absolute atomic E-state index is 14.5. The minimum absolute atomic E-state index is 0.131. The van der Waals surface area contributed by atoms with Gasteiger partial charge in [0.2, 0.25) is 47.3 Å². The van der Waals surface area contributed by atoms with E-state index in [0.717, 1.165) is 16.7 Å². The minimum Gasteiger partial charge on any atom is -0.508 e. The standard InChI is InChI=1S/C40H55N9O13S/c1-4-17(2)33-38(61)43-12-31(56)44-26-16-63-39-23(22-6-5-20(51)9-24(22)46-39)7-19(35(58)42-13-32(57)47-33)8-28(53)34(18(3)29(54)15-50)48-37(60)27-10-21(52)14-49(27)40(62)25(11-30(41)55)45-36(26)59/h5-6,9,17-19,21,25-27,29,33-34,46,50-52,54H,4,7-8,10-16H2,1-3H3,(H2,41,55)(H,42,58)(H,43,61)(H,44,56)(H,45,59)(H,47,57)(H,48,60)/t17-,18?,19?,21?,25?,26?,27-,29-,33-,34-/m0/s1. The number of nitrogens with two attached hydrogens (primary N) is 1. The van der Waals surface area contributed by atoms with Crippen LogP contribution in [0.5, 0.6) is 5.75 Å². The lowest BCUT2D eigenvalue weighted by Crippen LogP contribution is -2.60. The predicted octanol–water partition coefficient (Wildman–Crippen LogP) is -3.85. The number of rotatable bonds is 7. The zero-order valence-electron chi connectivity index (χ0n) is 35.0. The fourth-order valence-electron chi connectivity index (χ4n) is 7.85. The predicted molar refractivity (Wildman–Crippen MR) is 223 cm³/mol. The number of aromatic hydroxyl groups is 1. The van der Waals surface area contributed by atoms with Crippen LogP contribution in [-0.2, 0) is 49.6 Å². The molecule has 2 aromatic rings. The number of amides is 8. The molecule has 0 spiro atoms. The summed E-state index contributed by atoms with van der Waals surface area (Å²) in [5.74, 6) is -11.4. The summed E-state index contributed by atoms with van der Waals surface area (Å²) in [5, 5.41) is 57.6. The van der Waals surface area contributed by atoms with Crippen molar-refractivity contribution in [3.8, 4) is 5.75 Å². The molecule has 2 bridgehead atoms. The summed E-state index contributed by atoms with van der Waals surface area (Å²) in [5.41, 5.74) is 6.29. The van der Waals surface area contributed by atoms with E-state index in [0.29, 0.717) is 27.9 Å². The van der Waals surface area contributed by atoms with Crippen LogP contribution in [0.15, 0.2) is 23.2 Å². The SMILES string of the molecule is CC[C@H](C)[C@@H]1NC(=O)CNC(=O)C2CC(=O)[C@H](C(C)[C@@H](O)CO)NC(=O)[C@@H]3CC(O)CN3C(=O)C(CC(N)=O)NC(=O)C(CSc3[nH]c4cc(O)ccc4c3C2)NC(=O)CNC1=O. The molecule has 1 fully saturated rings. The molecule has 5 rings (SSSR count). The van der Waals surface area contributed by atoms with Gasteiger partial charge in [0.1, 0.15) is 29.9 Å². The first-order valence-electron chi connectivity index (χ1n) is 20.6. The molecular weight excluding hydrogens is 847 g/mol. The van der Waals surface area contributed by atoms with Gasteiger partial charge < -0.3 is 67.9 Å². The number of ketones is 1. The first-order chi connectivity index (χ1) is 29.8. The van der Waals surface area contributed by atoms with Gasteiger partial charge in [-0.05, 0) is 30.0 Å². The zero-order valence-corrected chi connectivity index (χ0v) is 35.8. The third-order valence-corrected chi connectivity index (χ3v) is 12.8. The highest BCUT2D eigenvalue weighted by atomic mass is 32.2. The Bertz CT molecular complexity index is 2120. The van der Waals surface area contributed by atoms with Crippen molar-refractivity contribution in [2.45, 2.75) is 100 Å². The average molecular weight is 902 g/mol. The topological polar surface area (TPSA) is 352 Å². The van der Waals surface area contributed by atoms with E-state index >= 15 is 0 Å². The number of carbonyl (C=O) groups is 9. The summed E-state index contributed by atoms with van der Waals surface area (Å²) in [6.07, 6.45) is -4.44. The molecule has 0 saturated carbocycles. The number of primary amides is 1. The zero-order chi connectivity index (χ0) is 46.3. The molecule has 1 aromatic carbocycles. The summed E-state index contributed by atoms with van der Waals surface area (Å²) in [6, 6.07) is -3.18. The van der Waals surface area contributed by atoms with E-state index in [1.165, 1.54) is 19.1 Å². The Morgan fingerprint density at radius 3 is 2.25 bits per heavy atom. The number of Topliss-reactive ketones (excluding diaryl/α,β-unsaturated/α-hetero) is 1. The number of hydrogen-bond acceptors (Lipinski definition) is 14. The van der Waals surface area contributed by atoms with Crippen molar-refractivity contribution in [3.05, 3.63) is 23.8 Å². The van der Waals surface area contributed by atoms with Crippen LogP contribution in [0.1, 0.15) is 52.0 Å². The molecule has 3 aliphatic heterocycles. The molecule has 23 heteroatoms. The number of thioether (sulfide) groups is 1. The molecule has 1 saturated heterocycles. The van der Waals surface area contributed by atoms with Crippen molar-refractivity contribution >= 4 is 75.7 Å². The molecule has 0 aliphatic carbocycles. The van der Waals surface area contributed by atoms with Crippen LogP contribution in [0, 0.1) is 17.8 Å². The molecule has 0 radical (unpaired) electrons. The van der Waals surface area contributed by atoms with Gasteiger partial charge in [-0.15, -0.1) is 11.8 Å². The van der Waals surface area contributed by atoms with E-state index in [2.05, 4.69) is 36.9 Å². The van der Waals surface area contributed by atoms with Crippen molar-refractivity contribution in [2.75, 3.05) is 32.0 Å². The van der Waals surface area contributed by atoms with Crippen LogP contribution < -0.4 is 37.6 Å². The maximum atomic E-state index is 14.5. The van der Waals surface area contributed by atoms with E-state index in [9.17, 15) is 63.6 Å². The highest BCUT2D eigenvalue weighted by Gasteiger charge is 2.45. The molecule has 63 heavy (non-hydrogen) atoms. The normalized spacial score (nSPS) is 27.7. The minimum atomic E-state index is -1.73. The van der Waals surface area contributed by atoms with E-state index in [-0.39, 0.29) is 24.3 Å². The smallest absolute Gasteiger partial charge is 0.246 e. The van der Waals surface area contributed by atoms with Gasteiger partial charge in [0.05, 0.1) is 54.9 Å². The van der Waals surface area contributed by atoms with Gasteiger partial charge in [0, 0.05) is 48.4 Å². The Balaban J connectivity index is 1.70. The lowest BCUT2D eigenvalue weighted by Gasteiger charge is -2.32. The second-order valence-corrected chi connectivity index (χ2v) is 17.3. The fourth-order valence-corrected chi connectivity index (χ4v) is 8.97. The molecule has 22 nitrogen and oxygen atoms in total. The van der Waals surface area contributed by atoms with Crippen LogP contribution in [0.2, 0.25) is 0 Å². The lowest BCUT2D eigenvalue weighted by molar-refractivity contribution is -0.144. The summed E-state index contributed by atoms with van der Waals surface area (Å²) < 4.78 is 0. The molecule has 344 valence electrons. The van der Waals surface area contributed by atoms with Gasteiger partial charge in [-0.2, -0.15) is 0 Å². The highest BCUT2D eigenvalue weighted by molar-refractivity contribution is 7.99. The number of carbonyl (C=O) groups excluding carboxylic acids is 9. The number of phenolic OH excluding ortho intramolecular Hbond substituents is 1. The second kappa shape index (κ2) is 21.1. The number of benzene rings is 1. The number of nitrogens with zero attached hydrogens (tertiary/aromatic N) is 1. The summed E-state index contributed by atoms with van der Waals surface area (Å²) in [6.45, 7) is 2.23. The van der Waals surface area contributed by atoms with Crippen LogP contribution >= 0.6 is 11.8 Å². The van der Waals surface area contributed by atoms with Gasteiger partial charge in [-0.25, -0.2) is 0 Å². The number of aliphatic hydroxyl groups is 3. The molecule has 13 N–H and O–H groups in total. The first kappa shape index (κ1) is 48.3. The number of nitrogens with one attached hydrogen (secondary N) is 7. The first-order valence-corrected chi connectivity index (χ1v) is 21.6. The van der Waals surface area contributed by atoms with E-state index in [1.54, 1.807) is 19.9 Å². The number of H-pyrrole nitrogens is 1. The third-order valence-electron chi connectivity index (χ3n) is 11.7. The molecular formula is C40H55N9O13S. The highest BCUT2D eigenvalue weighted by Crippen LogP contribution is 2.35. The largest absolute Gasteiger partial charge is 0.508 e. The quantitative estimate of drug-likeness (QED) is 0.127. The lowest BCUT2D eigenvalue weighted by atomic mass is 9.85. The average Bonchev–Trinajstić information content (AvgIpc) is 3.80. The van der Waals surface area contributed by atoms with Crippen LogP contribution in [0.25, 0.3) is 10.9 Å². The second-order valence-electron chi connectivity index (χ2n) is 16.3. The monoisotopic (exact) mass is 901 g/mol. The van der Waals surface area contributed by atoms with E-state index in [1.807, 2.05) is 0 Å². The number of phenols is 1. The van der Waals surface area contributed by atoms with Gasteiger partial charge >= 0.3 is 0 Å². The van der Waals surface area contributed by atoms with Crippen LogP contribution in [0.4, 0.5) is 0 Å². The van der Waals surface area contributed by atoms with E-state index < -0.39 is 152 Å². The Hall–Kier alpha value is -5.78. The van der Waals surface area contributed by atoms with Crippen LogP contribution in [-0.4, -0.2) is 158 Å². The molecule has 8 amide bonds. The third kappa shape index (κ3) is 11.8. The van der Waals surface area contributed by atoms with Crippen molar-refractivity contribution in [2.24, 2.45) is 23.5 Å². The summed E-state index contributed by atoms with van der Waals surface area (Å²) in [7, 11) is 0. The van der Waals surface area contributed by atoms with Crippen molar-refractivity contribution < 1.29 is 63.6 Å². The van der Waals surface area contributed by atoms with Gasteiger partial charge in [-0.1, -0.05) is 27.2 Å². The molecule has 3 aliphatic rings. The number of aromatic amines is 1. The fraction of sp³-hybridized carbons (Fsp3) is 0.575. The van der Waals surface area contributed by atoms with Crippen molar-refractivity contribution in [3.63, 3.8) is 0 Å². The summed E-state index contributed by atoms with van der Waals surface area (Å²) >= 11 is 0.977. The van der Waals surface area contributed by atoms with Crippen molar-refractivity contribution in [1.29, 1.82) is 0 Å². The molecule has 5 unspecified atom stereocenters.